The molecular weight excluding hydrogens is 324 g/mol. The fourth-order valence-electron chi connectivity index (χ4n) is 3.05. The minimum Gasteiger partial charge on any atom is -0.349 e. The Morgan fingerprint density at radius 3 is 2.60 bits per heavy atom. The van der Waals surface area contributed by atoms with Crippen molar-refractivity contribution in [3.63, 3.8) is 0 Å². The van der Waals surface area contributed by atoms with Crippen molar-refractivity contribution in [2.24, 2.45) is 13.0 Å². The molecule has 4 nitrogen and oxygen atoms in total. The van der Waals surface area contributed by atoms with Crippen molar-refractivity contribution in [2.45, 2.75) is 33.2 Å². The van der Waals surface area contributed by atoms with E-state index in [4.69, 9.17) is 0 Å². The number of aryl methyl sites for hydroxylation is 1. The number of aromatic nitrogens is 3. The third-order valence-electron chi connectivity index (χ3n) is 4.15. The van der Waals surface area contributed by atoms with Crippen LogP contribution in [0.5, 0.6) is 0 Å². The molecule has 0 N–H and O–H groups in total. The summed E-state index contributed by atoms with van der Waals surface area (Å²) in [5.74, 6) is -0.761. The lowest BCUT2D eigenvalue weighted by molar-refractivity contribution is 0.605. The number of allylic oxidation sites excluding steroid dienone is 6. The smallest absolute Gasteiger partial charge is 0.275 e. The number of halogens is 2. The summed E-state index contributed by atoms with van der Waals surface area (Å²) in [7, 11) is 1.64. The highest BCUT2D eigenvalue weighted by Gasteiger charge is 2.14. The summed E-state index contributed by atoms with van der Waals surface area (Å²) >= 11 is 0. The number of rotatable bonds is 4. The summed E-state index contributed by atoms with van der Waals surface area (Å²) in [6, 6.07) is 0. The van der Waals surface area contributed by atoms with Crippen LogP contribution in [0.15, 0.2) is 52.6 Å². The summed E-state index contributed by atoms with van der Waals surface area (Å²) in [4.78, 5) is 12.4. The minimum absolute atomic E-state index is 0.159. The number of hydrogen-bond acceptors (Lipinski definition) is 2. The highest BCUT2D eigenvalue weighted by Crippen LogP contribution is 2.22. The first-order chi connectivity index (χ1) is 11.8. The van der Waals surface area contributed by atoms with Gasteiger partial charge in [-0.3, -0.25) is 4.79 Å². The van der Waals surface area contributed by atoms with Gasteiger partial charge in [0.05, 0.1) is 11.1 Å². The fourth-order valence-corrected chi connectivity index (χ4v) is 3.05. The second kappa shape index (κ2) is 6.78. The molecule has 0 saturated heterocycles. The van der Waals surface area contributed by atoms with Crippen LogP contribution in [-0.4, -0.2) is 14.3 Å². The molecule has 2 aromatic rings. The normalized spacial score (nSPS) is 15.2. The second-order valence-corrected chi connectivity index (χ2v) is 6.86. The monoisotopic (exact) mass is 345 g/mol. The van der Waals surface area contributed by atoms with Crippen molar-refractivity contribution in [2.75, 3.05) is 0 Å². The SMILES string of the molecule is CC(C)Cc1nn(C)c(=O)c2cn(CC3=CC(F)=CC(F)=CC3)cc12. The zero-order valence-corrected chi connectivity index (χ0v) is 14.6. The summed E-state index contributed by atoms with van der Waals surface area (Å²) in [5, 5.41) is 5.81. The molecule has 6 heteroatoms. The predicted octanol–water partition coefficient (Wildman–Crippen LogP) is 3.97. The molecule has 0 amide bonds. The lowest BCUT2D eigenvalue weighted by atomic mass is 10.1. The van der Waals surface area contributed by atoms with E-state index in [2.05, 4.69) is 18.9 Å². The van der Waals surface area contributed by atoms with Crippen molar-refractivity contribution in [3.05, 3.63) is 63.9 Å². The van der Waals surface area contributed by atoms with Crippen molar-refractivity contribution in [3.8, 4) is 0 Å². The maximum atomic E-state index is 13.6. The molecule has 25 heavy (non-hydrogen) atoms. The Balaban J connectivity index is 2.00. The highest BCUT2D eigenvalue weighted by atomic mass is 19.1. The molecular formula is C19H21F2N3O. The first kappa shape index (κ1) is 17.3. The van der Waals surface area contributed by atoms with Gasteiger partial charge in [0.25, 0.3) is 5.56 Å². The Hall–Kier alpha value is -2.50. The third kappa shape index (κ3) is 3.78. The van der Waals surface area contributed by atoms with Crippen molar-refractivity contribution < 1.29 is 8.78 Å². The Kier molecular flexibility index (Phi) is 4.70. The topological polar surface area (TPSA) is 39.8 Å². The van der Waals surface area contributed by atoms with Crippen molar-refractivity contribution in [1.29, 1.82) is 0 Å². The van der Waals surface area contributed by atoms with Gasteiger partial charge < -0.3 is 4.57 Å². The van der Waals surface area contributed by atoms with Gasteiger partial charge in [-0.05, 0) is 36.5 Å². The average Bonchev–Trinajstić information content (AvgIpc) is 2.86. The molecule has 1 aliphatic carbocycles. The maximum absolute atomic E-state index is 13.6. The molecule has 0 unspecified atom stereocenters. The Morgan fingerprint density at radius 1 is 1.16 bits per heavy atom. The molecule has 0 fully saturated rings. The maximum Gasteiger partial charge on any atom is 0.275 e. The molecule has 0 aliphatic heterocycles. The quantitative estimate of drug-likeness (QED) is 0.841. The molecule has 1 aliphatic rings. The first-order valence-electron chi connectivity index (χ1n) is 8.31. The van der Waals surface area contributed by atoms with Gasteiger partial charge in [-0.2, -0.15) is 5.10 Å². The van der Waals surface area contributed by atoms with Crippen LogP contribution in [0.1, 0.15) is 26.0 Å². The molecule has 0 bridgehead atoms. The van der Waals surface area contributed by atoms with Gasteiger partial charge in [0, 0.05) is 37.4 Å². The molecule has 132 valence electrons. The van der Waals surface area contributed by atoms with Gasteiger partial charge in [0.2, 0.25) is 0 Å². The first-order valence-corrected chi connectivity index (χ1v) is 8.31. The van der Waals surface area contributed by atoms with E-state index >= 15 is 0 Å². The van der Waals surface area contributed by atoms with Crippen LogP contribution in [0.25, 0.3) is 10.8 Å². The van der Waals surface area contributed by atoms with E-state index in [-0.39, 0.29) is 5.56 Å². The van der Waals surface area contributed by atoms with E-state index in [1.807, 2.05) is 10.8 Å². The van der Waals surface area contributed by atoms with Crippen molar-refractivity contribution >= 4 is 10.8 Å². The largest absolute Gasteiger partial charge is 0.349 e. The lowest BCUT2D eigenvalue weighted by Gasteiger charge is -2.07. The highest BCUT2D eigenvalue weighted by molar-refractivity contribution is 5.83. The predicted molar refractivity (Wildman–Crippen MR) is 94.6 cm³/mol. The van der Waals surface area contributed by atoms with E-state index in [0.717, 1.165) is 29.2 Å². The number of fused-ring (bicyclic) bond motifs is 1. The van der Waals surface area contributed by atoms with Gasteiger partial charge in [-0.15, -0.1) is 0 Å². The van der Waals surface area contributed by atoms with Crippen LogP contribution < -0.4 is 5.56 Å². The van der Waals surface area contributed by atoms with Crippen LogP contribution in [0.3, 0.4) is 0 Å². The van der Waals surface area contributed by atoms with Gasteiger partial charge >= 0.3 is 0 Å². The molecule has 3 rings (SSSR count). The third-order valence-corrected chi connectivity index (χ3v) is 4.15. The zero-order chi connectivity index (χ0) is 18.1. The van der Waals surface area contributed by atoms with E-state index < -0.39 is 11.7 Å². The second-order valence-electron chi connectivity index (χ2n) is 6.86. The molecule has 2 aromatic heterocycles. The van der Waals surface area contributed by atoms with Crippen LogP contribution >= 0.6 is 0 Å². The Morgan fingerprint density at radius 2 is 1.88 bits per heavy atom. The molecule has 2 heterocycles. The van der Waals surface area contributed by atoms with Gasteiger partial charge in [-0.25, -0.2) is 13.5 Å². The van der Waals surface area contributed by atoms with Gasteiger partial charge in [0.1, 0.15) is 11.7 Å². The van der Waals surface area contributed by atoms with Gasteiger partial charge in [-0.1, -0.05) is 13.8 Å². The Bertz CT molecular complexity index is 961. The van der Waals surface area contributed by atoms with Crippen LogP contribution in [0, 0.1) is 5.92 Å². The van der Waals surface area contributed by atoms with E-state index in [1.165, 1.54) is 16.8 Å². The molecule has 0 spiro atoms. The summed E-state index contributed by atoms with van der Waals surface area (Å²) in [5.41, 5.74) is 1.45. The van der Waals surface area contributed by atoms with Crippen LogP contribution in [0.4, 0.5) is 8.78 Å². The summed E-state index contributed by atoms with van der Waals surface area (Å²) < 4.78 is 30.1. The van der Waals surface area contributed by atoms with Crippen molar-refractivity contribution in [1.82, 2.24) is 14.3 Å². The summed E-state index contributed by atoms with van der Waals surface area (Å²) in [6.45, 7) is 4.59. The van der Waals surface area contributed by atoms with E-state index in [0.29, 0.717) is 24.3 Å². The fraction of sp³-hybridized carbons (Fsp3) is 0.368. The zero-order valence-electron chi connectivity index (χ0n) is 14.6. The molecule has 0 saturated carbocycles. The van der Waals surface area contributed by atoms with Gasteiger partial charge in [0.15, 0.2) is 0 Å². The standard InChI is InChI=1S/C19H21F2N3O/c1-12(2)6-18-16-10-24(11-17(16)19(25)23(3)22-18)9-13-4-5-14(20)8-15(21)7-13/h5,7-8,10-12H,4,6,9H2,1-3H3. The molecule has 0 atom stereocenters. The number of hydrogen-bond donors (Lipinski definition) is 0. The van der Waals surface area contributed by atoms with Crippen LogP contribution in [-0.2, 0) is 20.0 Å². The molecule has 0 radical (unpaired) electrons. The van der Waals surface area contributed by atoms with E-state index in [1.54, 1.807) is 13.2 Å². The number of nitrogens with zero attached hydrogens (tertiary/aromatic N) is 3. The molecule has 0 aromatic carbocycles. The minimum atomic E-state index is -0.601. The Labute approximate surface area is 144 Å². The van der Waals surface area contributed by atoms with E-state index in [9.17, 15) is 13.6 Å². The summed E-state index contributed by atoms with van der Waals surface area (Å²) in [6.07, 6.45) is 8.30. The van der Waals surface area contributed by atoms with Crippen LogP contribution in [0.2, 0.25) is 0 Å². The average molecular weight is 345 g/mol. The lowest BCUT2D eigenvalue weighted by Crippen LogP contribution is -2.21.